The summed E-state index contributed by atoms with van der Waals surface area (Å²) in [6.07, 6.45) is -1.72. The van der Waals surface area contributed by atoms with Gasteiger partial charge in [-0.2, -0.15) is 5.26 Å². The Morgan fingerprint density at radius 1 is 1.54 bits per heavy atom. The van der Waals surface area contributed by atoms with E-state index in [1.54, 1.807) is 0 Å². The number of nitrogens with one attached hydrogen (secondary N) is 1. The van der Waals surface area contributed by atoms with Gasteiger partial charge in [-0.25, -0.2) is 8.78 Å². The van der Waals surface area contributed by atoms with Gasteiger partial charge < -0.3 is 4.74 Å². The largest absolute Gasteiger partial charge is 0.374 e. The molecule has 0 aromatic carbocycles. The van der Waals surface area contributed by atoms with Gasteiger partial charge in [-0.3, -0.25) is 5.32 Å². The Kier molecular flexibility index (Phi) is 7.45. The lowest BCUT2D eigenvalue weighted by molar-refractivity contribution is 0.0185. The predicted molar refractivity (Wildman–Crippen MR) is 44.5 cm³/mol. The molecule has 0 aliphatic rings. The van der Waals surface area contributed by atoms with E-state index in [9.17, 15) is 8.78 Å². The molecule has 0 aliphatic heterocycles. The van der Waals surface area contributed by atoms with Gasteiger partial charge in [0.2, 0.25) is 0 Å². The lowest BCUT2D eigenvalue weighted by atomic mass is 10.2. The van der Waals surface area contributed by atoms with Crippen molar-refractivity contribution in [1.82, 2.24) is 5.32 Å². The predicted octanol–water partition coefficient (Wildman–Crippen LogP) is 1.16. The number of halogens is 2. The monoisotopic (exact) mass is 192 g/mol. The van der Waals surface area contributed by atoms with E-state index in [-0.39, 0.29) is 12.6 Å². The highest BCUT2D eigenvalue weighted by Crippen LogP contribution is 1.92. The average Bonchev–Trinajstić information content (AvgIpc) is 2.11. The molecule has 0 aromatic heterocycles. The van der Waals surface area contributed by atoms with Crippen LogP contribution >= 0.6 is 0 Å². The highest BCUT2D eigenvalue weighted by Gasteiger charge is 2.03. The second-order valence-electron chi connectivity index (χ2n) is 2.51. The summed E-state index contributed by atoms with van der Waals surface area (Å²) < 4.78 is 27.7. The molecule has 0 aromatic rings. The maximum atomic E-state index is 11.6. The van der Waals surface area contributed by atoms with Crippen LogP contribution in [-0.2, 0) is 4.74 Å². The van der Waals surface area contributed by atoms with Crippen LogP contribution in [0.1, 0.15) is 13.3 Å². The molecular weight excluding hydrogens is 178 g/mol. The first-order valence-electron chi connectivity index (χ1n) is 4.19. The maximum Gasteiger partial charge on any atom is 0.261 e. The van der Waals surface area contributed by atoms with E-state index in [0.29, 0.717) is 13.0 Å². The zero-order valence-electron chi connectivity index (χ0n) is 7.59. The molecule has 0 heterocycles. The van der Waals surface area contributed by atoms with Crippen molar-refractivity contribution in [2.75, 3.05) is 19.8 Å². The minimum absolute atomic E-state index is 0.211. The van der Waals surface area contributed by atoms with Crippen LogP contribution in [0.5, 0.6) is 0 Å². The van der Waals surface area contributed by atoms with Gasteiger partial charge in [-0.05, 0) is 6.42 Å². The van der Waals surface area contributed by atoms with E-state index in [0.717, 1.165) is 0 Å². The smallest absolute Gasteiger partial charge is 0.261 e. The standard InChI is InChI=1S/C8H14F2N2O/c1-2-7(5-11)12-3-4-13-6-8(9)10/h7-8,12H,2-4,6H2,1H3. The quantitative estimate of drug-likeness (QED) is 0.615. The van der Waals surface area contributed by atoms with E-state index < -0.39 is 13.0 Å². The van der Waals surface area contributed by atoms with Crippen LogP contribution < -0.4 is 5.32 Å². The van der Waals surface area contributed by atoms with Gasteiger partial charge in [0, 0.05) is 6.54 Å². The summed E-state index contributed by atoms with van der Waals surface area (Å²) in [6, 6.07) is 1.82. The van der Waals surface area contributed by atoms with Crippen molar-refractivity contribution < 1.29 is 13.5 Å². The Bertz CT molecular complexity index is 159. The van der Waals surface area contributed by atoms with Crippen LogP contribution in [0.15, 0.2) is 0 Å². The van der Waals surface area contributed by atoms with Gasteiger partial charge in [0.25, 0.3) is 6.43 Å². The molecule has 0 aliphatic carbocycles. The molecule has 1 unspecified atom stereocenters. The summed E-state index contributed by atoms with van der Waals surface area (Å²) in [4.78, 5) is 0. The molecule has 0 fully saturated rings. The molecule has 0 spiro atoms. The summed E-state index contributed by atoms with van der Waals surface area (Å²) >= 11 is 0. The lowest BCUT2D eigenvalue weighted by Crippen LogP contribution is -2.30. The van der Waals surface area contributed by atoms with Crippen molar-refractivity contribution in [2.45, 2.75) is 25.8 Å². The molecule has 0 amide bonds. The Hall–Kier alpha value is -0.730. The normalized spacial score (nSPS) is 12.8. The fraction of sp³-hybridized carbons (Fsp3) is 0.875. The third-order valence-corrected chi connectivity index (χ3v) is 1.45. The number of ether oxygens (including phenoxy) is 1. The summed E-state index contributed by atoms with van der Waals surface area (Å²) in [7, 11) is 0. The van der Waals surface area contributed by atoms with Crippen LogP contribution in [0, 0.1) is 11.3 Å². The number of hydrogen-bond acceptors (Lipinski definition) is 3. The summed E-state index contributed by atoms with van der Waals surface area (Å²) in [6.45, 7) is 1.98. The second-order valence-corrected chi connectivity index (χ2v) is 2.51. The van der Waals surface area contributed by atoms with Gasteiger partial charge in [0.05, 0.1) is 18.7 Å². The number of nitrogens with zero attached hydrogens (tertiary/aromatic N) is 1. The third-order valence-electron chi connectivity index (χ3n) is 1.45. The molecule has 0 bridgehead atoms. The first-order chi connectivity index (χ1) is 6.20. The van der Waals surface area contributed by atoms with Gasteiger partial charge >= 0.3 is 0 Å². The van der Waals surface area contributed by atoms with E-state index in [4.69, 9.17) is 5.26 Å². The van der Waals surface area contributed by atoms with E-state index in [2.05, 4.69) is 10.1 Å². The van der Waals surface area contributed by atoms with Crippen molar-refractivity contribution in [1.29, 1.82) is 5.26 Å². The molecule has 13 heavy (non-hydrogen) atoms. The Labute approximate surface area is 76.7 Å². The van der Waals surface area contributed by atoms with Crippen LogP contribution in [0.25, 0.3) is 0 Å². The fourth-order valence-corrected chi connectivity index (χ4v) is 0.759. The van der Waals surface area contributed by atoms with E-state index in [1.165, 1.54) is 0 Å². The third kappa shape index (κ3) is 7.62. The first-order valence-corrected chi connectivity index (χ1v) is 4.19. The molecular formula is C8H14F2N2O. The average molecular weight is 192 g/mol. The highest BCUT2D eigenvalue weighted by molar-refractivity contribution is 4.87. The Morgan fingerprint density at radius 3 is 2.69 bits per heavy atom. The zero-order chi connectivity index (χ0) is 10.1. The summed E-state index contributed by atoms with van der Waals surface area (Å²) in [5.41, 5.74) is 0. The van der Waals surface area contributed by atoms with Gasteiger partial charge in [-0.15, -0.1) is 0 Å². The first kappa shape index (κ1) is 12.3. The van der Waals surface area contributed by atoms with Crippen molar-refractivity contribution in [3.05, 3.63) is 0 Å². The number of hydrogen-bond donors (Lipinski definition) is 1. The molecule has 3 nitrogen and oxygen atoms in total. The lowest BCUT2D eigenvalue weighted by Gasteiger charge is -2.08. The molecule has 5 heteroatoms. The van der Waals surface area contributed by atoms with Crippen LogP contribution in [0.3, 0.4) is 0 Å². The van der Waals surface area contributed by atoms with Crippen molar-refractivity contribution in [2.24, 2.45) is 0 Å². The topological polar surface area (TPSA) is 45.0 Å². The van der Waals surface area contributed by atoms with Crippen LogP contribution in [0.4, 0.5) is 8.78 Å². The van der Waals surface area contributed by atoms with Crippen molar-refractivity contribution in [3.63, 3.8) is 0 Å². The molecule has 0 radical (unpaired) electrons. The number of nitriles is 1. The summed E-state index contributed by atoms with van der Waals surface area (Å²) in [5, 5.41) is 11.4. The van der Waals surface area contributed by atoms with Crippen LogP contribution in [0.2, 0.25) is 0 Å². The Morgan fingerprint density at radius 2 is 2.23 bits per heavy atom. The van der Waals surface area contributed by atoms with Crippen molar-refractivity contribution >= 4 is 0 Å². The van der Waals surface area contributed by atoms with E-state index in [1.807, 2.05) is 13.0 Å². The van der Waals surface area contributed by atoms with E-state index >= 15 is 0 Å². The minimum atomic E-state index is -2.42. The molecule has 0 rings (SSSR count). The molecule has 0 saturated carbocycles. The molecule has 1 atom stereocenters. The van der Waals surface area contributed by atoms with Gasteiger partial charge in [-0.1, -0.05) is 6.92 Å². The molecule has 0 saturated heterocycles. The number of alkyl halides is 2. The van der Waals surface area contributed by atoms with Crippen molar-refractivity contribution in [3.8, 4) is 6.07 Å². The molecule has 76 valence electrons. The summed E-state index contributed by atoms with van der Waals surface area (Å²) in [5.74, 6) is 0. The second kappa shape index (κ2) is 7.90. The zero-order valence-corrected chi connectivity index (χ0v) is 7.59. The fourth-order valence-electron chi connectivity index (χ4n) is 0.759. The van der Waals surface area contributed by atoms with Crippen LogP contribution in [-0.4, -0.2) is 32.2 Å². The maximum absolute atomic E-state index is 11.6. The Balaban J connectivity index is 3.21. The van der Waals surface area contributed by atoms with Gasteiger partial charge in [0.1, 0.15) is 6.61 Å². The van der Waals surface area contributed by atoms with Gasteiger partial charge in [0.15, 0.2) is 0 Å². The number of rotatable bonds is 7. The SMILES string of the molecule is CCC(C#N)NCCOCC(F)F. The molecule has 1 N–H and O–H groups in total. The minimum Gasteiger partial charge on any atom is -0.374 e. The highest BCUT2D eigenvalue weighted by atomic mass is 19.3.